The molecule has 4 aromatic heterocycles. The molecular formula is C20H26N8. The lowest BCUT2D eigenvalue weighted by molar-refractivity contribution is 0.290. The topological polar surface area (TPSA) is 93.0 Å². The molecule has 28 heavy (non-hydrogen) atoms. The molecule has 0 spiro atoms. The molecule has 2 N–H and O–H groups in total. The molecule has 0 bridgehead atoms. The number of hydrogen-bond acceptors (Lipinski definition) is 4. The van der Waals surface area contributed by atoms with E-state index in [1.807, 2.05) is 35.6 Å². The Balaban J connectivity index is 1.75. The molecule has 0 unspecified atom stereocenters. The van der Waals surface area contributed by atoms with Crippen molar-refractivity contribution in [2.45, 2.75) is 38.5 Å². The maximum absolute atomic E-state index is 4.91. The standard InChI is InChI=1S/C20H26N8/c1-19(2,13-11-27(5)17(25-13)15-21-7-8-22-15)20(3,4)14-12-28(6)18(26-14)16-23-9-10-24-16/h7-12H,1-6H3,(H,21,22)(H,23,24). The maximum atomic E-state index is 4.91. The minimum absolute atomic E-state index is 0.273. The van der Waals surface area contributed by atoms with E-state index in [0.717, 1.165) is 34.7 Å². The van der Waals surface area contributed by atoms with Crippen molar-refractivity contribution in [2.75, 3.05) is 0 Å². The third-order valence-corrected chi connectivity index (χ3v) is 6.02. The van der Waals surface area contributed by atoms with Gasteiger partial charge in [0.1, 0.15) is 0 Å². The number of aromatic amines is 2. The number of imidazole rings is 4. The van der Waals surface area contributed by atoms with E-state index in [0.29, 0.717) is 0 Å². The molecule has 0 aliphatic carbocycles. The molecule has 4 heterocycles. The predicted octanol–water partition coefficient (Wildman–Crippen LogP) is 3.19. The summed E-state index contributed by atoms with van der Waals surface area (Å²) in [5.74, 6) is 3.17. The van der Waals surface area contributed by atoms with E-state index in [-0.39, 0.29) is 10.8 Å². The molecule has 0 amide bonds. The molecule has 0 aliphatic heterocycles. The van der Waals surface area contributed by atoms with Crippen LogP contribution in [0.25, 0.3) is 23.3 Å². The molecule has 4 aromatic rings. The second kappa shape index (κ2) is 6.19. The number of nitrogens with one attached hydrogen (secondary N) is 2. The van der Waals surface area contributed by atoms with Crippen molar-refractivity contribution in [3.63, 3.8) is 0 Å². The lowest BCUT2D eigenvalue weighted by atomic mass is 9.64. The second-order valence-corrected chi connectivity index (χ2v) is 8.25. The summed E-state index contributed by atoms with van der Waals surface area (Å²) in [5, 5.41) is 0. The first kappa shape index (κ1) is 18.2. The fourth-order valence-corrected chi connectivity index (χ4v) is 3.39. The summed E-state index contributed by atoms with van der Waals surface area (Å²) in [6.45, 7) is 8.84. The van der Waals surface area contributed by atoms with Gasteiger partial charge in [-0.1, -0.05) is 27.7 Å². The summed E-state index contributed by atoms with van der Waals surface area (Å²) in [7, 11) is 3.99. The van der Waals surface area contributed by atoms with Crippen LogP contribution in [0.2, 0.25) is 0 Å². The van der Waals surface area contributed by atoms with Gasteiger partial charge in [-0.3, -0.25) is 0 Å². The third kappa shape index (κ3) is 2.67. The van der Waals surface area contributed by atoms with Gasteiger partial charge in [0.2, 0.25) is 0 Å². The first-order valence-corrected chi connectivity index (χ1v) is 9.29. The molecule has 0 aromatic carbocycles. The first-order chi connectivity index (χ1) is 13.2. The summed E-state index contributed by atoms with van der Waals surface area (Å²) in [4.78, 5) is 24.8. The van der Waals surface area contributed by atoms with Crippen molar-refractivity contribution < 1.29 is 0 Å². The Kier molecular flexibility index (Phi) is 4.02. The van der Waals surface area contributed by atoms with E-state index in [1.165, 1.54) is 0 Å². The van der Waals surface area contributed by atoms with Crippen LogP contribution in [-0.2, 0) is 24.9 Å². The summed E-state index contributed by atoms with van der Waals surface area (Å²) in [6, 6.07) is 0. The van der Waals surface area contributed by atoms with E-state index in [2.05, 4.69) is 60.0 Å². The van der Waals surface area contributed by atoms with E-state index in [1.54, 1.807) is 12.4 Å². The zero-order chi connectivity index (χ0) is 20.1. The molecule has 0 saturated carbocycles. The second-order valence-electron chi connectivity index (χ2n) is 8.25. The van der Waals surface area contributed by atoms with Crippen LogP contribution in [0.15, 0.2) is 37.2 Å². The van der Waals surface area contributed by atoms with Gasteiger partial charge in [0.15, 0.2) is 23.3 Å². The van der Waals surface area contributed by atoms with Gasteiger partial charge in [-0.05, 0) is 0 Å². The molecule has 0 fully saturated rings. The number of nitrogens with zero attached hydrogens (tertiary/aromatic N) is 6. The molecule has 8 nitrogen and oxygen atoms in total. The summed E-state index contributed by atoms with van der Waals surface area (Å²) in [6.07, 6.45) is 11.3. The molecule has 0 radical (unpaired) electrons. The van der Waals surface area contributed by atoms with Crippen LogP contribution in [-0.4, -0.2) is 39.0 Å². The Bertz CT molecular complexity index is 989. The number of aromatic nitrogens is 8. The van der Waals surface area contributed by atoms with Gasteiger partial charge in [-0.15, -0.1) is 0 Å². The van der Waals surface area contributed by atoms with Crippen molar-refractivity contribution in [3.8, 4) is 23.3 Å². The minimum atomic E-state index is -0.273. The lowest BCUT2D eigenvalue weighted by Gasteiger charge is -2.39. The van der Waals surface area contributed by atoms with Gasteiger partial charge in [-0.2, -0.15) is 0 Å². The Morgan fingerprint density at radius 1 is 0.714 bits per heavy atom. The van der Waals surface area contributed by atoms with E-state index in [9.17, 15) is 0 Å². The van der Waals surface area contributed by atoms with Crippen molar-refractivity contribution in [2.24, 2.45) is 14.1 Å². The highest BCUT2D eigenvalue weighted by Gasteiger charge is 2.44. The molecule has 4 rings (SSSR count). The van der Waals surface area contributed by atoms with Crippen LogP contribution >= 0.6 is 0 Å². The smallest absolute Gasteiger partial charge is 0.176 e. The molecule has 146 valence electrons. The van der Waals surface area contributed by atoms with Crippen LogP contribution in [0.1, 0.15) is 39.1 Å². The number of hydrogen-bond donors (Lipinski definition) is 2. The lowest BCUT2D eigenvalue weighted by Crippen LogP contribution is -2.41. The van der Waals surface area contributed by atoms with Crippen LogP contribution in [0.3, 0.4) is 0 Å². The van der Waals surface area contributed by atoms with Crippen LogP contribution in [0.4, 0.5) is 0 Å². The van der Waals surface area contributed by atoms with Crippen LogP contribution in [0.5, 0.6) is 0 Å². The summed E-state index contributed by atoms with van der Waals surface area (Å²) < 4.78 is 4.03. The number of aryl methyl sites for hydroxylation is 2. The first-order valence-electron chi connectivity index (χ1n) is 9.29. The van der Waals surface area contributed by atoms with Crippen molar-refractivity contribution >= 4 is 0 Å². The number of H-pyrrole nitrogens is 2. The average molecular weight is 378 g/mol. The maximum Gasteiger partial charge on any atom is 0.176 e. The Hall–Kier alpha value is -3.16. The highest BCUT2D eigenvalue weighted by Crippen LogP contribution is 2.43. The average Bonchev–Trinajstić information content (AvgIpc) is 3.41. The van der Waals surface area contributed by atoms with Gasteiger partial charge >= 0.3 is 0 Å². The van der Waals surface area contributed by atoms with Crippen LogP contribution < -0.4 is 0 Å². The summed E-state index contributed by atoms with van der Waals surface area (Å²) in [5.41, 5.74) is 1.45. The number of rotatable bonds is 5. The largest absolute Gasteiger partial charge is 0.342 e. The Morgan fingerprint density at radius 3 is 1.43 bits per heavy atom. The zero-order valence-electron chi connectivity index (χ0n) is 17.1. The normalized spacial score (nSPS) is 12.6. The van der Waals surface area contributed by atoms with Crippen molar-refractivity contribution in [3.05, 3.63) is 48.6 Å². The fraction of sp³-hybridized carbons (Fsp3) is 0.400. The van der Waals surface area contributed by atoms with Gasteiger partial charge in [0.05, 0.1) is 11.4 Å². The molecule has 0 saturated heterocycles. The van der Waals surface area contributed by atoms with Gasteiger partial charge in [0.25, 0.3) is 0 Å². The molecular weight excluding hydrogens is 352 g/mol. The molecule has 8 heteroatoms. The predicted molar refractivity (Wildman–Crippen MR) is 108 cm³/mol. The van der Waals surface area contributed by atoms with Gasteiger partial charge in [-0.25, -0.2) is 19.9 Å². The Labute approximate surface area is 164 Å². The molecule has 0 atom stereocenters. The quantitative estimate of drug-likeness (QED) is 0.558. The fourth-order valence-electron chi connectivity index (χ4n) is 3.39. The van der Waals surface area contributed by atoms with Crippen molar-refractivity contribution in [1.29, 1.82) is 0 Å². The Morgan fingerprint density at radius 2 is 1.11 bits per heavy atom. The SMILES string of the molecule is Cn1cc(C(C)(C)C(C)(C)c2cn(C)c(-c3ncc[nH]3)n2)nc1-c1ncc[nH]1. The van der Waals surface area contributed by atoms with E-state index >= 15 is 0 Å². The van der Waals surface area contributed by atoms with E-state index < -0.39 is 0 Å². The van der Waals surface area contributed by atoms with Gasteiger partial charge < -0.3 is 19.1 Å². The van der Waals surface area contributed by atoms with E-state index in [4.69, 9.17) is 9.97 Å². The monoisotopic (exact) mass is 378 g/mol. The van der Waals surface area contributed by atoms with Crippen molar-refractivity contribution in [1.82, 2.24) is 39.0 Å². The highest BCUT2D eigenvalue weighted by atomic mass is 15.1. The molecule has 0 aliphatic rings. The third-order valence-electron chi connectivity index (χ3n) is 6.02. The van der Waals surface area contributed by atoms with Crippen LogP contribution in [0, 0.1) is 0 Å². The summed E-state index contributed by atoms with van der Waals surface area (Å²) >= 11 is 0. The van der Waals surface area contributed by atoms with Gasteiger partial charge in [0, 0.05) is 62.1 Å². The zero-order valence-corrected chi connectivity index (χ0v) is 17.1. The minimum Gasteiger partial charge on any atom is -0.342 e. The highest BCUT2D eigenvalue weighted by molar-refractivity contribution is 5.48.